The topological polar surface area (TPSA) is 87.5 Å². The molecule has 0 aliphatic heterocycles. The Labute approximate surface area is 177 Å². The molecule has 0 aliphatic rings. The van der Waals surface area contributed by atoms with Crippen LogP contribution < -0.4 is 0 Å². The minimum absolute atomic E-state index is 0.376. The van der Waals surface area contributed by atoms with E-state index in [1.54, 1.807) is 19.2 Å². The van der Waals surface area contributed by atoms with Gasteiger partial charge < -0.3 is 13.6 Å². The number of rotatable bonds is 6. The number of hydrogen-bond acceptors (Lipinski definition) is 6. The largest absolute Gasteiger partial charge is 0.421 e. The Bertz CT molecular complexity index is 1350. The van der Waals surface area contributed by atoms with Gasteiger partial charge in [0.1, 0.15) is 17.3 Å². The Balaban J connectivity index is 1.54. The van der Waals surface area contributed by atoms with Gasteiger partial charge in [0.05, 0.1) is 23.8 Å². The lowest BCUT2D eigenvalue weighted by Gasteiger charge is -2.10. The highest BCUT2D eigenvalue weighted by Crippen LogP contribution is 2.26. The molecule has 156 valence electrons. The number of hydrogen-bond donors (Lipinski definition) is 0. The summed E-state index contributed by atoms with van der Waals surface area (Å²) in [5.41, 5.74) is 3.34. The van der Waals surface area contributed by atoms with Crippen LogP contribution in [0.4, 0.5) is 4.39 Å². The van der Waals surface area contributed by atoms with Crippen molar-refractivity contribution in [3.05, 3.63) is 66.5 Å². The molecule has 0 N–H and O–H groups in total. The normalized spacial score (nSPS) is 11.5. The Morgan fingerprint density at radius 1 is 1.10 bits per heavy atom. The lowest BCUT2D eigenvalue weighted by atomic mass is 10.2. The monoisotopic (exact) mass is 417 g/mol. The molecule has 4 aromatic heterocycles. The summed E-state index contributed by atoms with van der Waals surface area (Å²) in [4.78, 5) is 13.5. The summed E-state index contributed by atoms with van der Waals surface area (Å²) in [6, 6.07) is 8.98. The summed E-state index contributed by atoms with van der Waals surface area (Å²) in [6.07, 6.45) is 5.76. The third-order valence-electron chi connectivity index (χ3n) is 5.03. The van der Waals surface area contributed by atoms with Gasteiger partial charge in [0.25, 0.3) is 0 Å². The summed E-state index contributed by atoms with van der Waals surface area (Å²) < 4.78 is 23.0. The minimum atomic E-state index is -0.376. The molecule has 0 saturated heterocycles. The first kappa shape index (κ1) is 19.1. The van der Waals surface area contributed by atoms with Gasteiger partial charge >= 0.3 is 0 Å². The molecule has 4 heterocycles. The van der Waals surface area contributed by atoms with Crippen molar-refractivity contribution in [2.45, 2.75) is 33.4 Å². The summed E-state index contributed by atoms with van der Waals surface area (Å²) >= 11 is 0. The van der Waals surface area contributed by atoms with Crippen LogP contribution in [0.5, 0.6) is 0 Å². The molecule has 31 heavy (non-hydrogen) atoms. The zero-order chi connectivity index (χ0) is 21.4. The second-order valence-corrected chi connectivity index (χ2v) is 7.25. The van der Waals surface area contributed by atoms with E-state index in [4.69, 9.17) is 9.40 Å². The molecular formula is C22H20FN7O. The molecule has 0 saturated carbocycles. The first-order valence-electron chi connectivity index (χ1n) is 10.0. The highest BCUT2D eigenvalue weighted by molar-refractivity contribution is 5.81. The third-order valence-corrected chi connectivity index (χ3v) is 5.03. The number of pyridine rings is 1. The molecule has 5 rings (SSSR count). The Morgan fingerprint density at radius 3 is 2.74 bits per heavy atom. The van der Waals surface area contributed by atoms with Gasteiger partial charge in [-0.2, -0.15) is 0 Å². The molecule has 0 unspecified atom stereocenters. The molecule has 0 bridgehead atoms. The number of benzene rings is 1. The van der Waals surface area contributed by atoms with E-state index < -0.39 is 0 Å². The van der Waals surface area contributed by atoms with Gasteiger partial charge in [-0.3, -0.25) is 0 Å². The molecule has 0 atom stereocenters. The quantitative estimate of drug-likeness (QED) is 0.410. The second-order valence-electron chi connectivity index (χ2n) is 7.25. The zero-order valence-electron chi connectivity index (χ0n) is 17.2. The molecule has 0 aliphatic carbocycles. The number of fused-ring (bicyclic) bond motifs is 1. The minimum Gasteiger partial charge on any atom is -0.421 e. The van der Waals surface area contributed by atoms with E-state index in [0.717, 1.165) is 35.4 Å². The van der Waals surface area contributed by atoms with Crippen molar-refractivity contribution in [3.8, 4) is 23.0 Å². The van der Waals surface area contributed by atoms with E-state index in [1.165, 1.54) is 12.3 Å². The predicted molar refractivity (Wildman–Crippen MR) is 113 cm³/mol. The van der Waals surface area contributed by atoms with Crippen molar-refractivity contribution in [1.82, 2.24) is 34.3 Å². The van der Waals surface area contributed by atoms with Crippen molar-refractivity contribution >= 4 is 11.0 Å². The van der Waals surface area contributed by atoms with Gasteiger partial charge in [0.15, 0.2) is 5.82 Å². The fourth-order valence-corrected chi connectivity index (χ4v) is 3.65. The molecule has 1 aromatic carbocycles. The second kappa shape index (κ2) is 7.75. The predicted octanol–water partition coefficient (Wildman–Crippen LogP) is 4.25. The zero-order valence-corrected chi connectivity index (χ0v) is 17.2. The molecule has 5 aromatic rings. The van der Waals surface area contributed by atoms with Crippen LogP contribution in [-0.4, -0.2) is 34.3 Å². The first-order chi connectivity index (χ1) is 15.1. The maximum absolute atomic E-state index is 13.3. The lowest BCUT2D eigenvalue weighted by Crippen LogP contribution is -2.09. The smallest absolute Gasteiger partial charge is 0.247 e. The molecule has 0 amide bonds. The van der Waals surface area contributed by atoms with Crippen LogP contribution in [-0.2, 0) is 13.1 Å². The van der Waals surface area contributed by atoms with E-state index >= 15 is 0 Å². The summed E-state index contributed by atoms with van der Waals surface area (Å²) in [7, 11) is 0. The van der Waals surface area contributed by atoms with Crippen LogP contribution in [0, 0.1) is 12.7 Å². The summed E-state index contributed by atoms with van der Waals surface area (Å²) in [6.45, 7) is 5.25. The van der Waals surface area contributed by atoms with Crippen LogP contribution in [0.1, 0.15) is 25.1 Å². The number of imidazole rings is 2. The molecule has 8 nitrogen and oxygen atoms in total. The van der Waals surface area contributed by atoms with Crippen molar-refractivity contribution in [2.24, 2.45) is 0 Å². The molecule has 0 radical (unpaired) electrons. The fourth-order valence-electron chi connectivity index (χ4n) is 3.65. The van der Waals surface area contributed by atoms with E-state index in [0.29, 0.717) is 29.8 Å². The molecule has 0 fully saturated rings. The third kappa shape index (κ3) is 3.58. The highest BCUT2D eigenvalue weighted by Gasteiger charge is 2.16. The number of halogens is 1. The Kier molecular flexibility index (Phi) is 4.78. The van der Waals surface area contributed by atoms with Crippen LogP contribution >= 0.6 is 0 Å². The van der Waals surface area contributed by atoms with Crippen LogP contribution in [0.15, 0.2) is 53.3 Å². The Morgan fingerprint density at radius 2 is 2.00 bits per heavy atom. The van der Waals surface area contributed by atoms with Gasteiger partial charge in [-0.25, -0.2) is 19.3 Å². The van der Waals surface area contributed by atoms with Crippen molar-refractivity contribution in [3.63, 3.8) is 0 Å². The van der Waals surface area contributed by atoms with Gasteiger partial charge in [0, 0.05) is 31.4 Å². The molecular weight excluding hydrogens is 397 g/mol. The Hall–Kier alpha value is -3.88. The highest BCUT2D eigenvalue weighted by atomic mass is 19.1. The average Bonchev–Trinajstić information content (AvgIpc) is 3.48. The van der Waals surface area contributed by atoms with Crippen LogP contribution in [0.25, 0.3) is 34.0 Å². The van der Waals surface area contributed by atoms with Gasteiger partial charge in [0.2, 0.25) is 11.8 Å². The first-order valence-corrected chi connectivity index (χ1v) is 10.0. The number of aromatic nitrogens is 7. The van der Waals surface area contributed by atoms with Gasteiger partial charge in [-0.1, -0.05) is 6.92 Å². The van der Waals surface area contributed by atoms with Crippen molar-refractivity contribution < 1.29 is 8.81 Å². The van der Waals surface area contributed by atoms with Crippen molar-refractivity contribution in [1.29, 1.82) is 0 Å². The molecule has 0 spiro atoms. The number of aryl methyl sites for hydroxylation is 2. The maximum atomic E-state index is 13.3. The van der Waals surface area contributed by atoms with E-state index in [2.05, 4.69) is 31.7 Å². The SMILES string of the molecule is CCCn1c(Cn2ccnc2-c2ccc(F)cn2)nc2cc(-c3nnc(C)o3)ccc21. The van der Waals surface area contributed by atoms with Gasteiger partial charge in [-0.15, -0.1) is 10.2 Å². The van der Waals surface area contributed by atoms with E-state index in [-0.39, 0.29) is 5.82 Å². The van der Waals surface area contributed by atoms with Crippen LogP contribution in [0.3, 0.4) is 0 Å². The summed E-state index contributed by atoms with van der Waals surface area (Å²) in [5.74, 6) is 2.19. The fraction of sp³-hybridized carbons (Fsp3) is 0.227. The number of nitrogens with zero attached hydrogens (tertiary/aromatic N) is 7. The lowest BCUT2D eigenvalue weighted by molar-refractivity contribution is 0.533. The standard InChI is InChI=1S/C22H20FN7O/c1-3-9-30-19-7-4-15(22-28-27-14(2)31-22)11-18(19)26-20(30)13-29-10-8-24-21(29)17-6-5-16(23)12-25-17/h4-8,10-12H,3,9,13H2,1-2H3. The van der Waals surface area contributed by atoms with E-state index in [1.807, 2.05) is 29.0 Å². The average molecular weight is 417 g/mol. The van der Waals surface area contributed by atoms with Crippen LogP contribution in [0.2, 0.25) is 0 Å². The molecule has 9 heteroatoms. The van der Waals surface area contributed by atoms with Crippen molar-refractivity contribution in [2.75, 3.05) is 0 Å². The summed E-state index contributed by atoms with van der Waals surface area (Å²) in [5, 5.41) is 8.01. The van der Waals surface area contributed by atoms with E-state index in [9.17, 15) is 4.39 Å². The maximum Gasteiger partial charge on any atom is 0.247 e. The van der Waals surface area contributed by atoms with Gasteiger partial charge in [-0.05, 0) is 36.8 Å².